The van der Waals surface area contributed by atoms with Gasteiger partial charge in [0, 0.05) is 11.3 Å². The van der Waals surface area contributed by atoms with Gasteiger partial charge >= 0.3 is 0 Å². The lowest BCUT2D eigenvalue weighted by molar-refractivity contribution is -0.120. The maximum Gasteiger partial charge on any atom is 0.246 e. The molecule has 1 aliphatic heterocycles. The molecule has 136 valence electrons. The summed E-state index contributed by atoms with van der Waals surface area (Å²) in [6.07, 6.45) is 0.670. The number of hydrogen-bond donors (Lipinski definition) is 1. The van der Waals surface area contributed by atoms with Crippen LogP contribution in [0.25, 0.3) is 0 Å². The van der Waals surface area contributed by atoms with Gasteiger partial charge in [0.2, 0.25) is 16.9 Å². The third-order valence-electron chi connectivity index (χ3n) is 4.02. The molecule has 1 aliphatic rings. The molecule has 0 saturated carbocycles. The van der Waals surface area contributed by atoms with E-state index in [0.29, 0.717) is 17.3 Å². The predicted molar refractivity (Wildman–Crippen MR) is 107 cm³/mol. The molecule has 1 N–H and O–H groups in total. The van der Waals surface area contributed by atoms with Crippen molar-refractivity contribution in [1.29, 1.82) is 0 Å². The van der Waals surface area contributed by atoms with Crippen molar-refractivity contribution < 1.29 is 9.59 Å². The van der Waals surface area contributed by atoms with Crippen LogP contribution in [0.2, 0.25) is 0 Å². The minimum Gasteiger partial charge on any atom is -0.301 e. The Morgan fingerprint density at radius 1 is 1.07 bits per heavy atom. The van der Waals surface area contributed by atoms with Gasteiger partial charge in [-0.2, -0.15) is 0 Å². The molecule has 8 heteroatoms. The summed E-state index contributed by atoms with van der Waals surface area (Å²) in [6.45, 7) is -0.0377. The molecule has 2 amide bonds. The molecule has 0 aliphatic carbocycles. The molecular formula is C19H16N4O2S2. The third-order valence-corrected chi connectivity index (χ3v) is 5.91. The van der Waals surface area contributed by atoms with Crippen molar-refractivity contribution in [2.75, 3.05) is 22.5 Å². The monoisotopic (exact) mass is 396 g/mol. The molecule has 0 fully saturated rings. The average molecular weight is 396 g/mol. The van der Waals surface area contributed by atoms with E-state index in [4.69, 9.17) is 0 Å². The van der Waals surface area contributed by atoms with Gasteiger partial charge in [0.05, 0.1) is 11.4 Å². The fraction of sp³-hybridized carbons (Fsp3) is 0.158. The predicted octanol–water partition coefficient (Wildman–Crippen LogP) is 3.21. The zero-order valence-corrected chi connectivity index (χ0v) is 15.9. The van der Waals surface area contributed by atoms with E-state index in [2.05, 4.69) is 15.5 Å². The number of nitrogens with zero attached hydrogens (tertiary/aromatic N) is 3. The van der Waals surface area contributed by atoms with Gasteiger partial charge in [0.1, 0.15) is 11.6 Å². The lowest BCUT2D eigenvalue weighted by atomic mass is 10.2. The van der Waals surface area contributed by atoms with Gasteiger partial charge in [-0.25, -0.2) is 0 Å². The SMILES string of the molecule is O=C(CN1C(=O)CSc2ccccc21)Nc1nnc(Cc2ccccc2)s1. The molecule has 0 atom stereocenters. The quantitative estimate of drug-likeness (QED) is 0.717. The Bertz CT molecular complexity index is 975. The fourth-order valence-electron chi connectivity index (χ4n) is 2.78. The zero-order valence-electron chi connectivity index (χ0n) is 14.3. The van der Waals surface area contributed by atoms with Crippen LogP contribution in [-0.4, -0.2) is 34.3 Å². The van der Waals surface area contributed by atoms with Crippen molar-refractivity contribution in [2.24, 2.45) is 0 Å². The number of anilines is 2. The van der Waals surface area contributed by atoms with Crippen molar-refractivity contribution in [1.82, 2.24) is 10.2 Å². The van der Waals surface area contributed by atoms with E-state index in [0.717, 1.165) is 21.2 Å². The summed E-state index contributed by atoms with van der Waals surface area (Å²) in [5.41, 5.74) is 1.91. The highest BCUT2D eigenvalue weighted by atomic mass is 32.2. The second-order valence-electron chi connectivity index (χ2n) is 5.95. The van der Waals surface area contributed by atoms with E-state index >= 15 is 0 Å². The number of aromatic nitrogens is 2. The molecule has 0 unspecified atom stereocenters. The molecule has 0 bridgehead atoms. The summed E-state index contributed by atoms with van der Waals surface area (Å²) in [7, 11) is 0. The zero-order chi connectivity index (χ0) is 18.6. The Balaban J connectivity index is 1.41. The van der Waals surface area contributed by atoms with E-state index in [-0.39, 0.29) is 18.4 Å². The van der Waals surface area contributed by atoms with E-state index < -0.39 is 0 Å². The Hall–Kier alpha value is -2.71. The first kappa shape index (κ1) is 17.7. The second-order valence-corrected chi connectivity index (χ2v) is 8.03. The summed E-state index contributed by atoms with van der Waals surface area (Å²) >= 11 is 2.84. The second kappa shape index (κ2) is 7.89. The highest BCUT2D eigenvalue weighted by Crippen LogP contribution is 2.34. The highest BCUT2D eigenvalue weighted by Gasteiger charge is 2.26. The van der Waals surface area contributed by atoms with E-state index in [1.807, 2.05) is 54.6 Å². The van der Waals surface area contributed by atoms with E-state index in [9.17, 15) is 9.59 Å². The molecule has 27 heavy (non-hydrogen) atoms. The third kappa shape index (κ3) is 4.17. The van der Waals surface area contributed by atoms with Crippen molar-refractivity contribution in [3.63, 3.8) is 0 Å². The number of benzene rings is 2. The molecule has 0 saturated heterocycles. The molecule has 1 aromatic heterocycles. The first-order valence-corrected chi connectivity index (χ1v) is 10.2. The van der Waals surface area contributed by atoms with Crippen molar-refractivity contribution in [3.8, 4) is 0 Å². The van der Waals surface area contributed by atoms with Crippen molar-refractivity contribution in [3.05, 3.63) is 65.2 Å². The molecule has 0 spiro atoms. The summed E-state index contributed by atoms with van der Waals surface area (Å²) in [4.78, 5) is 27.2. The van der Waals surface area contributed by atoms with Crippen LogP contribution in [-0.2, 0) is 16.0 Å². The van der Waals surface area contributed by atoms with Crippen LogP contribution in [0.3, 0.4) is 0 Å². The smallest absolute Gasteiger partial charge is 0.246 e. The Morgan fingerprint density at radius 2 is 1.85 bits per heavy atom. The normalized spacial score (nSPS) is 13.3. The Morgan fingerprint density at radius 3 is 2.70 bits per heavy atom. The van der Waals surface area contributed by atoms with Gasteiger partial charge in [0.25, 0.3) is 0 Å². The molecule has 2 aromatic carbocycles. The lowest BCUT2D eigenvalue weighted by Gasteiger charge is -2.28. The topological polar surface area (TPSA) is 75.2 Å². The van der Waals surface area contributed by atoms with Crippen LogP contribution in [0.1, 0.15) is 10.6 Å². The standard InChI is InChI=1S/C19H16N4O2S2/c24-16(11-23-14-8-4-5-9-15(14)26-12-18(23)25)20-19-22-21-17(27-19)10-13-6-2-1-3-7-13/h1-9H,10-12H2,(H,20,22,24). The number of carbonyl (C=O) groups excluding carboxylic acids is 2. The number of thioether (sulfide) groups is 1. The summed E-state index contributed by atoms with van der Waals surface area (Å²) in [5, 5.41) is 12.2. The summed E-state index contributed by atoms with van der Waals surface area (Å²) < 4.78 is 0. The number of para-hydroxylation sites is 1. The number of rotatable bonds is 5. The number of fused-ring (bicyclic) bond motifs is 1. The van der Waals surface area contributed by atoms with Gasteiger partial charge in [-0.15, -0.1) is 22.0 Å². The van der Waals surface area contributed by atoms with Crippen LogP contribution in [0.4, 0.5) is 10.8 Å². The summed E-state index contributed by atoms with van der Waals surface area (Å²) in [5.74, 6) is -0.0204. The first-order chi connectivity index (χ1) is 13.2. The number of nitrogens with one attached hydrogen (secondary N) is 1. The van der Waals surface area contributed by atoms with Crippen LogP contribution in [0.5, 0.6) is 0 Å². The minimum atomic E-state index is -0.285. The largest absolute Gasteiger partial charge is 0.301 e. The Kier molecular flexibility index (Phi) is 5.17. The van der Waals surface area contributed by atoms with Crippen molar-refractivity contribution >= 4 is 45.7 Å². The number of amides is 2. The van der Waals surface area contributed by atoms with Crippen molar-refractivity contribution in [2.45, 2.75) is 11.3 Å². The first-order valence-electron chi connectivity index (χ1n) is 8.37. The van der Waals surface area contributed by atoms with Crippen LogP contribution >= 0.6 is 23.1 Å². The maximum atomic E-state index is 12.4. The molecule has 2 heterocycles. The van der Waals surface area contributed by atoms with Crippen LogP contribution in [0.15, 0.2) is 59.5 Å². The van der Waals surface area contributed by atoms with Crippen LogP contribution < -0.4 is 10.2 Å². The van der Waals surface area contributed by atoms with Gasteiger partial charge in [-0.05, 0) is 17.7 Å². The molecule has 0 radical (unpaired) electrons. The van der Waals surface area contributed by atoms with Gasteiger partial charge in [-0.3, -0.25) is 14.9 Å². The van der Waals surface area contributed by atoms with E-state index in [1.165, 1.54) is 28.0 Å². The van der Waals surface area contributed by atoms with E-state index in [1.54, 1.807) is 0 Å². The molecule has 3 aromatic rings. The maximum absolute atomic E-state index is 12.4. The van der Waals surface area contributed by atoms with Crippen LogP contribution in [0, 0.1) is 0 Å². The molecule has 6 nitrogen and oxygen atoms in total. The highest BCUT2D eigenvalue weighted by molar-refractivity contribution is 8.00. The number of hydrogen-bond acceptors (Lipinski definition) is 6. The molecular weight excluding hydrogens is 380 g/mol. The molecule has 4 rings (SSSR count). The van der Waals surface area contributed by atoms with Gasteiger partial charge < -0.3 is 4.90 Å². The Labute approximate surface area is 164 Å². The van der Waals surface area contributed by atoms with Gasteiger partial charge in [-0.1, -0.05) is 53.8 Å². The average Bonchev–Trinajstić information content (AvgIpc) is 3.11. The fourth-order valence-corrected chi connectivity index (χ4v) is 4.50. The lowest BCUT2D eigenvalue weighted by Crippen LogP contribution is -2.41. The number of carbonyl (C=O) groups is 2. The minimum absolute atomic E-state index is 0.0377. The van der Waals surface area contributed by atoms with Gasteiger partial charge in [0.15, 0.2) is 0 Å². The summed E-state index contributed by atoms with van der Waals surface area (Å²) in [6, 6.07) is 17.6.